The van der Waals surface area contributed by atoms with Crippen molar-refractivity contribution in [2.45, 2.75) is 19.4 Å². The Bertz CT molecular complexity index is 175. The third-order valence-electron chi connectivity index (χ3n) is 2.42. The molecule has 0 spiro atoms. The van der Waals surface area contributed by atoms with Gasteiger partial charge < -0.3 is 10.6 Å². The minimum Gasteiger partial charge on any atom is -0.354 e. The number of rotatable bonds is 4. The van der Waals surface area contributed by atoms with Crippen LogP contribution >= 0.6 is 11.8 Å². The van der Waals surface area contributed by atoms with E-state index in [-0.39, 0.29) is 11.9 Å². The Balaban J connectivity index is 2.22. The first-order chi connectivity index (χ1) is 6.25. The van der Waals surface area contributed by atoms with Crippen molar-refractivity contribution in [2.75, 3.05) is 25.1 Å². The highest BCUT2D eigenvalue weighted by molar-refractivity contribution is 7.98. The number of amides is 1. The van der Waals surface area contributed by atoms with Gasteiger partial charge in [-0.05, 0) is 25.1 Å². The molecule has 0 aliphatic carbocycles. The molecule has 1 amide bonds. The Labute approximate surface area is 84.0 Å². The summed E-state index contributed by atoms with van der Waals surface area (Å²) in [5, 5.41) is 6.15. The Hall–Kier alpha value is -0.220. The predicted octanol–water partition coefficient (Wildman–Crippen LogP) is 0.464. The second-order valence-corrected chi connectivity index (χ2v) is 4.47. The second kappa shape index (κ2) is 5.50. The number of carbonyl (C=O) groups is 1. The molecule has 4 heteroatoms. The minimum atomic E-state index is 0.0434. The van der Waals surface area contributed by atoms with Gasteiger partial charge in [-0.1, -0.05) is 6.92 Å². The van der Waals surface area contributed by atoms with Crippen LogP contribution in [0.2, 0.25) is 0 Å². The van der Waals surface area contributed by atoms with Crippen molar-refractivity contribution in [1.29, 1.82) is 0 Å². The number of nitrogens with one attached hydrogen (secondary N) is 2. The second-order valence-electron chi connectivity index (χ2n) is 3.48. The number of thioether (sulfide) groups is 1. The zero-order valence-electron chi connectivity index (χ0n) is 8.30. The van der Waals surface area contributed by atoms with E-state index in [1.807, 2.05) is 6.26 Å². The van der Waals surface area contributed by atoms with Gasteiger partial charge in [0.25, 0.3) is 0 Å². The predicted molar refractivity (Wildman–Crippen MR) is 57.0 cm³/mol. The fourth-order valence-electron chi connectivity index (χ4n) is 1.57. The van der Waals surface area contributed by atoms with Crippen molar-refractivity contribution in [3.8, 4) is 0 Å². The van der Waals surface area contributed by atoms with Crippen LogP contribution in [0.5, 0.6) is 0 Å². The van der Waals surface area contributed by atoms with Crippen LogP contribution in [0.15, 0.2) is 0 Å². The lowest BCUT2D eigenvalue weighted by atomic mass is 10.0. The van der Waals surface area contributed by atoms with Crippen LogP contribution < -0.4 is 10.6 Å². The van der Waals surface area contributed by atoms with Gasteiger partial charge in [0.15, 0.2) is 0 Å². The fraction of sp³-hybridized carbons (Fsp3) is 0.889. The smallest absolute Gasteiger partial charge is 0.237 e. The van der Waals surface area contributed by atoms with Crippen molar-refractivity contribution in [3.63, 3.8) is 0 Å². The van der Waals surface area contributed by atoms with E-state index in [4.69, 9.17) is 0 Å². The summed E-state index contributed by atoms with van der Waals surface area (Å²) in [6, 6.07) is 0.0434. The van der Waals surface area contributed by atoms with Crippen molar-refractivity contribution < 1.29 is 4.79 Å². The van der Waals surface area contributed by atoms with Crippen molar-refractivity contribution in [1.82, 2.24) is 10.6 Å². The van der Waals surface area contributed by atoms with Crippen LogP contribution in [0, 0.1) is 5.92 Å². The summed E-state index contributed by atoms with van der Waals surface area (Å²) < 4.78 is 0. The first kappa shape index (κ1) is 10.9. The topological polar surface area (TPSA) is 41.1 Å². The molecule has 3 nitrogen and oxygen atoms in total. The van der Waals surface area contributed by atoms with Crippen LogP contribution in [0.4, 0.5) is 0 Å². The monoisotopic (exact) mass is 202 g/mol. The average Bonchev–Trinajstić information content (AvgIpc) is 2.52. The van der Waals surface area contributed by atoms with Crippen molar-refractivity contribution >= 4 is 17.7 Å². The van der Waals surface area contributed by atoms with Crippen molar-refractivity contribution in [2.24, 2.45) is 5.92 Å². The van der Waals surface area contributed by atoms with E-state index in [1.165, 1.54) is 0 Å². The maximum atomic E-state index is 11.5. The number of carbonyl (C=O) groups excluding carboxylic acids is 1. The van der Waals surface area contributed by atoms with Gasteiger partial charge >= 0.3 is 0 Å². The van der Waals surface area contributed by atoms with E-state index in [2.05, 4.69) is 17.6 Å². The highest BCUT2D eigenvalue weighted by atomic mass is 32.2. The zero-order chi connectivity index (χ0) is 9.68. The lowest BCUT2D eigenvalue weighted by molar-refractivity contribution is -0.123. The molecule has 0 aromatic carbocycles. The summed E-state index contributed by atoms with van der Waals surface area (Å²) in [7, 11) is 0. The molecule has 1 heterocycles. The molecule has 0 aromatic heterocycles. The van der Waals surface area contributed by atoms with Gasteiger partial charge in [-0.2, -0.15) is 11.8 Å². The fourth-order valence-corrected chi connectivity index (χ4v) is 1.88. The molecule has 1 fully saturated rings. The van der Waals surface area contributed by atoms with Gasteiger partial charge in [0, 0.05) is 12.3 Å². The van der Waals surface area contributed by atoms with E-state index in [0.717, 1.165) is 25.3 Å². The maximum Gasteiger partial charge on any atom is 0.237 e. The summed E-state index contributed by atoms with van der Waals surface area (Å²) in [5.74, 6) is 1.64. The van der Waals surface area contributed by atoms with Gasteiger partial charge in [-0.3, -0.25) is 4.79 Å². The third kappa shape index (κ3) is 3.19. The van der Waals surface area contributed by atoms with Gasteiger partial charge in [-0.25, -0.2) is 0 Å². The molecule has 2 atom stereocenters. The largest absolute Gasteiger partial charge is 0.354 e. The quantitative estimate of drug-likeness (QED) is 0.651. The van der Waals surface area contributed by atoms with E-state index < -0.39 is 0 Å². The van der Waals surface area contributed by atoms with Gasteiger partial charge in [0.1, 0.15) is 0 Å². The standard InChI is InChI=1S/C9H18N2OS/c1-7-3-4-10-8(7)9(12)11-5-6-13-2/h7-8,10H,3-6H2,1-2H3,(H,11,12). The molecule has 76 valence electrons. The lowest BCUT2D eigenvalue weighted by Crippen LogP contribution is -2.43. The van der Waals surface area contributed by atoms with Gasteiger partial charge in [0.05, 0.1) is 6.04 Å². The number of hydrogen-bond donors (Lipinski definition) is 2. The van der Waals surface area contributed by atoms with Crippen molar-refractivity contribution in [3.05, 3.63) is 0 Å². The molecule has 1 aliphatic heterocycles. The molecular formula is C9H18N2OS. The van der Waals surface area contributed by atoms with Crippen LogP contribution in [-0.4, -0.2) is 37.0 Å². The lowest BCUT2D eigenvalue weighted by Gasteiger charge is -2.14. The molecule has 13 heavy (non-hydrogen) atoms. The van der Waals surface area contributed by atoms with Gasteiger partial charge in [-0.15, -0.1) is 0 Å². The van der Waals surface area contributed by atoms with E-state index in [1.54, 1.807) is 11.8 Å². The van der Waals surface area contributed by atoms with Crippen LogP contribution in [0.1, 0.15) is 13.3 Å². The maximum absolute atomic E-state index is 11.5. The Morgan fingerprint density at radius 3 is 3.00 bits per heavy atom. The van der Waals surface area contributed by atoms with E-state index in [9.17, 15) is 4.79 Å². The van der Waals surface area contributed by atoms with Crippen LogP contribution in [-0.2, 0) is 4.79 Å². The normalized spacial score (nSPS) is 27.5. The molecule has 0 bridgehead atoms. The van der Waals surface area contributed by atoms with Crippen LogP contribution in [0.25, 0.3) is 0 Å². The highest BCUT2D eigenvalue weighted by Crippen LogP contribution is 2.13. The molecule has 1 rings (SSSR count). The molecule has 2 N–H and O–H groups in total. The summed E-state index contributed by atoms with van der Waals surface area (Å²) in [4.78, 5) is 11.5. The SMILES string of the molecule is CSCCNC(=O)C1NCCC1C. The Morgan fingerprint density at radius 1 is 1.69 bits per heavy atom. The molecule has 2 unspecified atom stereocenters. The molecular weight excluding hydrogens is 184 g/mol. The third-order valence-corrected chi connectivity index (χ3v) is 3.03. The molecule has 0 aromatic rings. The first-order valence-electron chi connectivity index (χ1n) is 4.75. The first-order valence-corrected chi connectivity index (χ1v) is 6.15. The molecule has 1 aliphatic rings. The van der Waals surface area contributed by atoms with Gasteiger partial charge in [0.2, 0.25) is 5.91 Å². The summed E-state index contributed by atoms with van der Waals surface area (Å²) in [6.07, 6.45) is 3.16. The zero-order valence-corrected chi connectivity index (χ0v) is 9.12. The summed E-state index contributed by atoms with van der Waals surface area (Å²) in [6.45, 7) is 3.88. The summed E-state index contributed by atoms with van der Waals surface area (Å²) in [5.41, 5.74) is 0. The number of hydrogen-bond acceptors (Lipinski definition) is 3. The van der Waals surface area contributed by atoms with E-state index in [0.29, 0.717) is 5.92 Å². The molecule has 1 saturated heterocycles. The minimum absolute atomic E-state index is 0.0434. The molecule has 0 saturated carbocycles. The average molecular weight is 202 g/mol. The Kier molecular flexibility index (Phi) is 4.59. The van der Waals surface area contributed by atoms with E-state index >= 15 is 0 Å². The Morgan fingerprint density at radius 2 is 2.46 bits per heavy atom. The molecule has 0 radical (unpaired) electrons. The summed E-state index contributed by atoms with van der Waals surface area (Å²) >= 11 is 1.75. The van der Waals surface area contributed by atoms with Crippen LogP contribution in [0.3, 0.4) is 0 Å². The highest BCUT2D eigenvalue weighted by Gasteiger charge is 2.28.